The smallest absolute Gasteiger partial charge is 0.296 e. The summed E-state index contributed by atoms with van der Waals surface area (Å²) in [6.45, 7) is 1.72. The number of para-hydroxylation sites is 2. The summed E-state index contributed by atoms with van der Waals surface area (Å²) >= 11 is 1.50. The van der Waals surface area contributed by atoms with E-state index in [1.165, 1.54) is 11.8 Å². The fraction of sp³-hybridized carbons (Fsp3) is 0.320. The van der Waals surface area contributed by atoms with Crippen LogP contribution in [0.15, 0.2) is 59.6 Å². The van der Waals surface area contributed by atoms with Crippen LogP contribution in [-0.2, 0) is 16.1 Å². The quantitative estimate of drug-likeness (QED) is 0.340. The van der Waals surface area contributed by atoms with E-state index >= 15 is 0 Å². The first-order chi connectivity index (χ1) is 15.6. The van der Waals surface area contributed by atoms with Gasteiger partial charge in [-0.2, -0.15) is 0 Å². The van der Waals surface area contributed by atoms with Gasteiger partial charge in [0.25, 0.3) is 11.7 Å². The molecule has 1 aliphatic heterocycles. The zero-order valence-electron chi connectivity index (χ0n) is 18.2. The molecule has 32 heavy (non-hydrogen) atoms. The number of likely N-dealkylation sites (tertiary alicyclic amines) is 1. The van der Waals surface area contributed by atoms with Crippen molar-refractivity contribution >= 4 is 45.9 Å². The summed E-state index contributed by atoms with van der Waals surface area (Å²) in [6, 6.07) is 14.8. The van der Waals surface area contributed by atoms with Gasteiger partial charge in [0.05, 0.1) is 11.3 Å². The van der Waals surface area contributed by atoms with E-state index in [9.17, 15) is 14.4 Å². The van der Waals surface area contributed by atoms with E-state index in [0.29, 0.717) is 16.6 Å². The van der Waals surface area contributed by atoms with Crippen LogP contribution in [0, 0.1) is 0 Å². The molecule has 1 saturated heterocycles. The van der Waals surface area contributed by atoms with E-state index in [0.717, 1.165) is 49.2 Å². The Labute approximate surface area is 192 Å². The van der Waals surface area contributed by atoms with Gasteiger partial charge >= 0.3 is 0 Å². The molecule has 4 rings (SSSR count). The largest absolute Gasteiger partial charge is 0.341 e. The van der Waals surface area contributed by atoms with Crippen molar-refractivity contribution in [1.29, 1.82) is 0 Å². The number of amides is 2. The van der Waals surface area contributed by atoms with E-state index in [-0.39, 0.29) is 12.5 Å². The van der Waals surface area contributed by atoms with Crippen molar-refractivity contribution < 1.29 is 14.4 Å². The molecule has 0 spiro atoms. The van der Waals surface area contributed by atoms with Crippen LogP contribution in [0.5, 0.6) is 0 Å². The van der Waals surface area contributed by atoms with Crippen LogP contribution in [0.4, 0.5) is 5.69 Å². The number of aromatic nitrogens is 1. The van der Waals surface area contributed by atoms with Crippen molar-refractivity contribution in [2.24, 2.45) is 0 Å². The average molecular weight is 450 g/mol. The topological polar surface area (TPSA) is 71.4 Å². The van der Waals surface area contributed by atoms with Crippen LogP contribution in [0.1, 0.15) is 36.0 Å². The van der Waals surface area contributed by atoms with Gasteiger partial charge in [0.15, 0.2) is 0 Å². The summed E-state index contributed by atoms with van der Waals surface area (Å²) in [7, 11) is 0. The zero-order valence-corrected chi connectivity index (χ0v) is 19.0. The third-order valence-corrected chi connectivity index (χ3v) is 6.65. The highest BCUT2D eigenvalue weighted by Gasteiger charge is 2.24. The van der Waals surface area contributed by atoms with Crippen LogP contribution >= 0.6 is 11.8 Å². The lowest BCUT2D eigenvalue weighted by molar-refractivity contribution is -0.131. The van der Waals surface area contributed by atoms with E-state index in [1.807, 2.05) is 53.6 Å². The Bertz CT molecular complexity index is 1150. The maximum atomic E-state index is 13.1. The highest BCUT2D eigenvalue weighted by molar-refractivity contribution is 7.98. The zero-order chi connectivity index (χ0) is 22.5. The van der Waals surface area contributed by atoms with Gasteiger partial charge in [0.1, 0.15) is 6.54 Å². The number of fused-ring (bicyclic) bond motifs is 1. The number of anilines is 1. The van der Waals surface area contributed by atoms with Crippen LogP contribution in [0.25, 0.3) is 10.9 Å². The molecule has 1 N–H and O–H groups in total. The Balaban J connectivity index is 1.58. The predicted molar refractivity (Wildman–Crippen MR) is 128 cm³/mol. The highest BCUT2D eigenvalue weighted by Crippen LogP contribution is 2.26. The number of nitrogens with one attached hydrogen (secondary N) is 1. The maximum absolute atomic E-state index is 13.1. The van der Waals surface area contributed by atoms with Crippen LogP contribution in [0.2, 0.25) is 0 Å². The lowest BCUT2D eigenvalue weighted by Gasteiger charge is -2.20. The van der Waals surface area contributed by atoms with Crippen LogP contribution < -0.4 is 5.32 Å². The van der Waals surface area contributed by atoms with Gasteiger partial charge in [-0.1, -0.05) is 43.2 Å². The molecule has 2 amide bonds. The van der Waals surface area contributed by atoms with Crippen molar-refractivity contribution in [1.82, 2.24) is 9.47 Å². The van der Waals surface area contributed by atoms with Gasteiger partial charge in [0, 0.05) is 35.1 Å². The Morgan fingerprint density at radius 1 is 0.938 bits per heavy atom. The second-order valence-electron chi connectivity index (χ2n) is 7.97. The molecule has 0 radical (unpaired) electrons. The lowest BCUT2D eigenvalue weighted by Crippen LogP contribution is -2.34. The summed E-state index contributed by atoms with van der Waals surface area (Å²) in [5.74, 6) is -1.25. The summed E-state index contributed by atoms with van der Waals surface area (Å²) in [4.78, 5) is 41.6. The van der Waals surface area contributed by atoms with Crippen LogP contribution in [-0.4, -0.2) is 46.4 Å². The van der Waals surface area contributed by atoms with E-state index in [1.54, 1.807) is 16.8 Å². The first kappa shape index (κ1) is 22.1. The number of ketones is 1. The van der Waals surface area contributed by atoms with E-state index < -0.39 is 11.7 Å². The number of thioether (sulfide) groups is 1. The number of rotatable bonds is 6. The first-order valence-electron chi connectivity index (χ1n) is 10.9. The molecule has 0 unspecified atom stereocenters. The van der Waals surface area contributed by atoms with Gasteiger partial charge in [-0.05, 0) is 37.3 Å². The molecule has 0 bridgehead atoms. The number of nitrogens with zero attached hydrogens (tertiary/aromatic N) is 2. The molecule has 1 aromatic heterocycles. The van der Waals surface area contributed by atoms with Gasteiger partial charge < -0.3 is 14.8 Å². The van der Waals surface area contributed by atoms with Gasteiger partial charge in [-0.15, -0.1) is 11.8 Å². The Morgan fingerprint density at radius 2 is 1.62 bits per heavy atom. The molecule has 1 fully saturated rings. The van der Waals surface area contributed by atoms with Crippen molar-refractivity contribution in [3.8, 4) is 0 Å². The van der Waals surface area contributed by atoms with Gasteiger partial charge in [0.2, 0.25) is 5.91 Å². The Kier molecular flexibility index (Phi) is 6.95. The number of carbonyl (C=O) groups is 3. The molecule has 2 heterocycles. The molecule has 3 aromatic rings. The summed E-state index contributed by atoms with van der Waals surface area (Å²) in [6.07, 6.45) is 7.93. The average Bonchev–Trinajstić information content (AvgIpc) is 2.98. The van der Waals surface area contributed by atoms with Gasteiger partial charge in [-0.3, -0.25) is 14.4 Å². The summed E-state index contributed by atoms with van der Waals surface area (Å²) < 4.78 is 1.79. The van der Waals surface area contributed by atoms with Gasteiger partial charge in [-0.25, -0.2) is 0 Å². The second-order valence-corrected chi connectivity index (χ2v) is 8.81. The molecule has 7 heteroatoms. The molecule has 1 aliphatic rings. The minimum absolute atomic E-state index is 0.0463. The number of benzene rings is 2. The number of hydrogen-bond donors (Lipinski definition) is 1. The van der Waals surface area contributed by atoms with Crippen molar-refractivity contribution in [3.05, 3.63) is 60.3 Å². The van der Waals surface area contributed by atoms with Crippen LogP contribution in [0.3, 0.4) is 0 Å². The Hall–Kier alpha value is -3.06. The Morgan fingerprint density at radius 3 is 2.38 bits per heavy atom. The molecule has 0 atom stereocenters. The second kappa shape index (κ2) is 10.0. The maximum Gasteiger partial charge on any atom is 0.296 e. The molecular formula is C25H27N3O3S. The normalized spacial score (nSPS) is 14.2. The van der Waals surface area contributed by atoms with E-state index in [4.69, 9.17) is 0 Å². The number of Topliss-reactive ketones (excluding diaryl/α,β-unsaturated/α-hetero) is 1. The van der Waals surface area contributed by atoms with Crippen molar-refractivity contribution in [2.45, 2.75) is 37.1 Å². The fourth-order valence-electron chi connectivity index (χ4n) is 4.17. The lowest BCUT2D eigenvalue weighted by atomic mass is 10.1. The predicted octanol–water partition coefficient (Wildman–Crippen LogP) is 4.59. The molecule has 166 valence electrons. The SMILES string of the molecule is CSc1ccccc1NC(=O)C(=O)c1cn(CC(=O)N2CCCCCC2)c2ccccc12. The minimum atomic E-state index is -0.687. The molecule has 0 aliphatic carbocycles. The third kappa shape index (κ3) is 4.72. The monoisotopic (exact) mass is 449 g/mol. The van der Waals surface area contributed by atoms with E-state index in [2.05, 4.69) is 5.32 Å². The molecular weight excluding hydrogens is 422 g/mol. The summed E-state index contributed by atoms with van der Waals surface area (Å²) in [5.41, 5.74) is 1.69. The molecule has 6 nitrogen and oxygen atoms in total. The molecule has 2 aromatic carbocycles. The minimum Gasteiger partial charge on any atom is -0.341 e. The third-order valence-electron chi connectivity index (χ3n) is 5.86. The fourth-order valence-corrected chi connectivity index (χ4v) is 4.73. The number of carbonyl (C=O) groups excluding carboxylic acids is 3. The molecule has 0 saturated carbocycles. The first-order valence-corrected chi connectivity index (χ1v) is 12.2. The number of hydrogen-bond acceptors (Lipinski definition) is 4. The van der Waals surface area contributed by atoms with Crippen molar-refractivity contribution in [2.75, 3.05) is 24.7 Å². The summed E-state index contributed by atoms with van der Waals surface area (Å²) in [5, 5.41) is 3.41. The van der Waals surface area contributed by atoms with Crippen molar-refractivity contribution in [3.63, 3.8) is 0 Å². The highest BCUT2D eigenvalue weighted by atomic mass is 32.2. The standard InChI is InChI=1S/C25H27N3O3S/c1-32-22-13-7-5-11-20(22)26-25(31)24(30)19-16-28(21-12-6-4-10-18(19)21)17-23(29)27-14-8-2-3-9-15-27/h4-7,10-13,16H,2-3,8-9,14-15,17H2,1H3,(H,26,31).